The van der Waals surface area contributed by atoms with Gasteiger partial charge in [-0.25, -0.2) is 14.4 Å². The molecule has 3 N–H and O–H groups in total. The number of anilines is 1. The van der Waals surface area contributed by atoms with Crippen LogP contribution in [0.3, 0.4) is 0 Å². The van der Waals surface area contributed by atoms with Crippen LogP contribution in [0.25, 0.3) is 22.0 Å². The molecule has 0 spiro atoms. The van der Waals surface area contributed by atoms with Crippen LogP contribution < -0.4 is 20.1 Å². The van der Waals surface area contributed by atoms with E-state index in [-0.39, 0.29) is 27.6 Å². The number of nitrogens with one attached hydrogen (secondary N) is 2. The lowest BCUT2D eigenvalue weighted by Gasteiger charge is -2.24. The van der Waals surface area contributed by atoms with Crippen LogP contribution in [-0.2, 0) is 0 Å². The van der Waals surface area contributed by atoms with Crippen LogP contribution in [0.4, 0.5) is 10.3 Å². The summed E-state index contributed by atoms with van der Waals surface area (Å²) < 4.78 is 25.9. The molecule has 1 fully saturated rings. The van der Waals surface area contributed by atoms with Gasteiger partial charge in [0.25, 0.3) is 0 Å². The van der Waals surface area contributed by atoms with E-state index in [9.17, 15) is 5.11 Å². The molecule has 3 atom stereocenters. The van der Waals surface area contributed by atoms with Gasteiger partial charge in [0.15, 0.2) is 0 Å². The SMILES string of the molecule is C=CC(O)N[C@H]1CCC[C@H]1Nc1ncc2cc(-c3c(Cl)c(OC)cc(OC)c3Cl)cc(F)c2n1. The largest absolute Gasteiger partial charge is 0.495 e. The monoisotopic (exact) mass is 506 g/mol. The number of aliphatic hydroxyl groups excluding tert-OH is 1. The first kappa shape index (κ1) is 24.5. The number of aliphatic hydroxyl groups is 1. The summed E-state index contributed by atoms with van der Waals surface area (Å²) in [4.78, 5) is 8.77. The molecular formula is C24H25Cl2FN4O3. The Balaban J connectivity index is 1.68. The highest BCUT2D eigenvalue weighted by atomic mass is 35.5. The number of halogens is 3. The van der Waals surface area contributed by atoms with Crippen LogP contribution in [0, 0.1) is 5.82 Å². The lowest BCUT2D eigenvalue weighted by atomic mass is 10.0. The Kier molecular flexibility index (Phi) is 7.42. The van der Waals surface area contributed by atoms with Crippen molar-refractivity contribution < 1.29 is 19.0 Å². The van der Waals surface area contributed by atoms with Crippen molar-refractivity contribution >= 4 is 40.1 Å². The van der Waals surface area contributed by atoms with E-state index in [1.807, 2.05) is 0 Å². The highest BCUT2D eigenvalue weighted by Gasteiger charge is 2.29. The molecule has 10 heteroatoms. The van der Waals surface area contributed by atoms with Crippen molar-refractivity contribution in [3.8, 4) is 22.6 Å². The molecule has 1 aliphatic rings. The fourth-order valence-electron chi connectivity index (χ4n) is 4.24. The van der Waals surface area contributed by atoms with Gasteiger partial charge in [-0.1, -0.05) is 29.8 Å². The number of hydrogen-bond donors (Lipinski definition) is 3. The smallest absolute Gasteiger partial charge is 0.223 e. The van der Waals surface area contributed by atoms with E-state index in [4.69, 9.17) is 32.7 Å². The normalized spacial score (nSPS) is 18.6. The minimum atomic E-state index is -0.797. The fraction of sp³-hybridized carbons (Fsp3) is 0.333. The van der Waals surface area contributed by atoms with Crippen molar-refractivity contribution in [3.63, 3.8) is 0 Å². The maximum atomic E-state index is 15.2. The Labute approximate surface area is 206 Å². The molecule has 1 unspecified atom stereocenters. The van der Waals surface area contributed by atoms with Crippen LogP contribution in [-0.4, -0.2) is 47.6 Å². The van der Waals surface area contributed by atoms with Gasteiger partial charge in [-0.2, -0.15) is 0 Å². The molecule has 34 heavy (non-hydrogen) atoms. The Bertz CT molecular complexity index is 1200. The summed E-state index contributed by atoms with van der Waals surface area (Å²) in [6.07, 6.45) is 4.93. The molecular weight excluding hydrogens is 482 g/mol. The average molecular weight is 507 g/mol. The Morgan fingerprint density at radius 2 is 1.82 bits per heavy atom. The summed E-state index contributed by atoms with van der Waals surface area (Å²) in [5.74, 6) is 0.478. The Hall–Kier alpha value is -2.65. The second kappa shape index (κ2) is 10.3. The van der Waals surface area contributed by atoms with Gasteiger partial charge in [-0.15, -0.1) is 0 Å². The third-order valence-electron chi connectivity index (χ3n) is 5.94. The first-order valence-corrected chi connectivity index (χ1v) is 11.5. The number of aromatic nitrogens is 2. The van der Waals surface area contributed by atoms with Crippen molar-refractivity contribution in [1.82, 2.24) is 15.3 Å². The zero-order chi connectivity index (χ0) is 24.4. The van der Waals surface area contributed by atoms with Crippen molar-refractivity contribution in [2.45, 2.75) is 37.6 Å². The first-order chi connectivity index (χ1) is 16.4. The van der Waals surface area contributed by atoms with E-state index in [0.29, 0.717) is 34.0 Å². The number of fused-ring (bicyclic) bond motifs is 1. The highest BCUT2D eigenvalue weighted by Crippen LogP contribution is 2.46. The molecule has 1 aliphatic carbocycles. The van der Waals surface area contributed by atoms with Gasteiger partial charge in [0.1, 0.15) is 29.1 Å². The zero-order valence-corrected chi connectivity index (χ0v) is 20.3. The lowest BCUT2D eigenvalue weighted by molar-refractivity contribution is 0.166. The summed E-state index contributed by atoms with van der Waals surface area (Å²) >= 11 is 13.0. The molecule has 7 nitrogen and oxygen atoms in total. The van der Waals surface area contributed by atoms with E-state index in [1.165, 1.54) is 26.4 Å². The third kappa shape index (κ3) is 4.77. The molecule has 0 aliphatic heterocycles. The van der Waals surface area contributed by atoms with Crippen LogP contribution in [0.1, 0.15) is 19.3 Å². The standard InChI is InChI=1S/C24H25Cl2FN4O3/c1-4-19(32)29-15-6-5-7-16(15)30-24-28-11-13-8-12(9-14(27)23(13)31-24)20-21(25)17(33-2)10-18(34-3)22(20)26/h4,8-11,15-16,19,29,32H,1,5-7H2,2-3H3,(H,28,30,31)/t15-,16+,19?/m0/s1. The third-order valence-corrected chi connectivity index (χ3v) is 6.69. The van der Waals surface area contributed by atoms with Gasteiger partial charge >= 0.3 is 0 Å². The Morgan fingerprint density at radius 3 is 2.47 bits per heavy atom. The second-order valence-corrected chi connectivity index (χ2v) is 8.76. The minimum Gasteiger partial charge on any atom is -0.495 e. The van der Waals surface area contributed by atoms with Crippen molar-refractivity contribution in [2.75, 3.05) is 19.5 Å². The number of nitrogens with zero attached hydrogens (tertiary/aromatic N) is 2. The van der Waals surface area contributed by atoms with Gasteiger partial charge in [-0.05, 0) is 43.0 Å². The lowest BCUT2D eigenvalue weighted by Crippen LogP contribution is -2.44. The van der Waals surface area contributed by atoms with Gasteiger partial charge < -0.3 is 19.9 Å². The summed E-state index contributed by atoms with van der Waals surface area (Å²) in [5, 5.41) is 17.2. The summed E-state index contributed by atoms with van der Waals surface area (Å²) in [7, 11) is 2.95. The van der Waals surface area contributed by atoms with Crippen molar-refractivity contribution in [3.05, 3.63) is 52.9 Å². The predicted molar refractivity (Wildman–Crippen MR) is 132 cm³/mol. The molecule has 1 heterocycles. The van der Waals surface area contributed by atoms with Gasteiger partial charge in [0, 0.05) is 35.3 Å². The quantitative estimate of drug-likeness (QED) is 0.286. The van der Waals surface area contributed by atoms with Gasteiger partial charge in [0.2, 0.25) is 5.95 Å². The Morgan fingerprint density at radius 1 is 1.15 bits per heavy atom. The average Bonchev–Trinajstić information content (AvgIpc) is 3.26. The zero-order valence-electron chi connectivity index (χ0n) is 18.7. The van der Waals surface area contributed by atoms with Crippen LogP contribution >= 0.6 is 23.2 Å². The van der Waals surface area contributed by atoms with Crippen molar-refractivity contribution in [1.29, 1.82) is 0 Å². The second-order valence-electron chi connectivity index (χ2n) is 8.01. The molecule has 0 amide bonds. The van der Waals surface area contributed by atoms with Gasteiger partial charge in [0.05, 0.1) is 24.3 Å². The van der Waals surface area contributed by atoms with E-state index in [1.54, 1.807) is 18.3 Å². The number of hydrogen-bond acceptors (Lipinski definition) is 7. The molecule has 0 saturated heterocycles. The molecule has 0 radical (unpaired) electrons. The van der Waals surface area contributed by atoms with Crippen LogP contribution in [0.15, 0.2) is 37.1 Å². The molecule has 3 aromatic rings. The summed E-state index contributed by atoms with van der Waals surface area (Å²) in [6.45, 7) is 3.58. The molecule has 1 saturated carbocycles. The molecule has 4 rings (SSSR count). The first-order valence-electron chi connectivity index (χ1n) is 10.8. The fourth-order valence-corrected chi connectivity index (χ4v) is 4.96. The number of benzene rings is 2. The van der Waals surface area contributed by atoms with E-state index < -0.39 is 12.0 Å². The number of methoxy groups -OCH3 is 2. The van der Waals surface area contributed by atoms with Gasteiger partial charge in [-0.3, -0.25) is 5.32 Å². The van der Waals surface area contributed by atoms with E-state index in [2.05, 4.69) is 27.2 Å². The molecule has 0 bridgehead atoms. The van der Waals surface area contributed by atoms with E-state index >= 15 is 4.39 Å². The van der Waals surface area contributed by atoms with Crippen molar-refractivity contribution in [2.24, 2.45) is 0 Å². The minimum absolute atomic E-state index is 0.00348. The van der Waals surface area contributed by atoms with Crippen LogP contribution in [0.2, 0.25) is 10.0 Å². The predicted octanol–water partition coefficient (Wildman–Crippen LogP) is 5.19. The van der Waals surface area contributed by atoms with Crippen LogP contribution in [0.5, 0.6) is 11.5 Å². The molecule has 180 valence electrons. The highest BCUT2D eigenvalue weighted by molar-refractivity contribution is 6.41. The van der Waals surface area contributed by atoms with E-state index in [0.717, 1.165) is 19.3 Å². The number of rotatable bonds is 8. The molecule has 1 aromatic heterocycles. The summed E-state index contributed by atoms with van der Waals surface area (Å²) in [6, 6.07) is 4.63. The maximum absolute atomic E-state index is 15.2. The maximum Gasteiger partial charge on any atom is 0.223 e. The summed E-state index contributed by atoms with van der Waals surface area (Å²) in [5.41, 5.74) is 1.00. The topological polar surface area (TPSA) is 88.5 Å². The number of ether oxygens (including phenoxy) is 2. The molecule has 2 aromatic carbocycles.